The lowest BCUT2D eigenvalue weighted by Crippen LogP contribution is -2.30. The van der Waals surface area contributed by atoms with E-state index in [4.69, 9.17) is 0 Å². The Kier molecular flexibility index (Phi) is 5.54. The van der Waals surface area contributed by atoms with E-state index in [1.165, 1.54) is 23.0 Å². The molecule has 3 rings (SSSR count). The van der Waals surface area contributed by atoms with E-state index in [2.05, 4.69) is 15.7 Å². The fraction of sp³-hybridized carbons (Fsp3) is 0.190. The van der Waals surface area contributed by atoms with Crippen LogP contribution in [0.2, 0.25) is 0 Å². The number of anilines is 1. The smallest absolute Gasteiger partial charge is 0.276 e. The predicted molar refractivity (Wildman–Crippen MR) is 105 cm³/mol. The second kappa shape index (κ2) is 8.04. The number of benzene rings is 2. The quantitative estimate of drug-likeness (QED) is 0.708. The molecule has 0 spiro atoms. The molecule has 0 saturated heterocycles. The van der Waals surface area contributed by atoms with Crippen molar-refractivity contribution < 1.29 is 14.0 Å². The van der Waals surface area contributed by atoms with Crippen LogP contribution in [0.5, 0.6) is 0 Å². The molecule has 0 aliphatic heterocycles. The Bertz CT molecular complexity index is 1030. The molecule has 7 heteroatoms. The third-order valence-electron chi connectivity index (χ3n) is 4.08. The molecular formula is C21H21FN4O2. The van der Waals surface area contributed by atoms with Gasteiger partial charge in [-0.2, -0.15) is 5.10 Å². The molecule has 2 amide bonds. The fourth-order valence-corrected chi connectivity index (χ4v) is 2.70. The summed E-state index contributed by atoms with van der Waals surface area (Å²) in [6, 6.07) is 12.8. The van der Waals surface area contributed by atoms with Crippen molar-refractivity contribution in [2.24, 2.45) is 0 Å². The van der Waals surface area contributed by atoms with Crippen molar-refractivity contribution in [3.63, 3.8) is 0 Å². The normalized spacial score (nSPS) is 10.8. The van der Waals surface area contributed by atoms with E-state index < -0.39 is 11.7 Å². The van der Waals surface area contributed by atoms with Gasteiger partial charge in [-0.1, -0.05) is 18.2 Å². The number of carbonyl (C=O) groups is 2. The fourth-order valence-electron chi connectivity index (χ4n) is 2.70. The summed E-state index contributed by atoms with van der Waals surface area (Å²) < 4.78 is 15.2. The van der Waals surface area contributed by atoms with Gasteiger partial charge < -0.3 is 10.6 Å². The van der Waals surface area contributed by atoms with Gasteiger partial charge in [0, 0.05) is 23.5 Å². The van der Waals surface area contributed by atoms with Crippen LogP contribution in [0.1, 0.15) is 40.3 Å². The van der Waals surface area contributed by atoms with Crippen molar-refractivity contribution >= 4 is 17.5 Å². The summed E-state index contributed by atoms with van der Waals surface area (Å²) in [6.45, 7) is 5.59. The molecule has 0 aliphatic carbocycles. The maximum absolute atomic E-state index is 13.9. The van der Waals surface area contributed by atoms with E-state index in [1.807, 2.05) is 20.8 Å². The minimum atomic E-state index is -0.450. The molecule has 144 valence electrons. The molecule has 2 aromatic carbocycles. The van der Waals surface area contributed by atoms with Crippen molar-refractivity contribution in [1.29, 1.82) is 0 Å². The number of carbonyl (C=O) groups excluding carboxylic acids is 2. The SMILES string of the molecule is Cc1ccc(NC(=O)c2ccn(-c3ccccc3F)n2)cc1C(=O)NC(C)C. The molecule has 0 bridgehead atoms. The van der Waals surface area contributed by atoms with E-state index in [-0.39, 0.29) is 23.3 Å². The number of hydrogen-bond donors (Lipinski definition) is 2. The lowest BCUT2D eigenvalue weighted by molar-refractivity contribution is 0.0941. The molecule has 1 heterocycles. The highest BCUT2D eigenvalue weighted by Gasteiger charge is 2.15. The highest BCUT2D eigenvalue weighted by Crippen LogP contribution is 2.17. The first-order valence-corrected chi connectivity index (χ1v) is 8.88. The largest absolute Gasteiger partial charge is 0.350 e. The summed E-state index contributed by atoms with van der Waals surface area (Å²) in [5, 5.41) is 9.70. The molecule has 0 fully saturated rings. The van der Waals surface area contributed by atoms with Crippen LogP contribution in [0.15, 0.2) is 54.7 Å². The number of amides is 2. The Labute approximate surface area is 162 Å². The Morgan fingerprint density at radius 1 is 1.07 bits per heavy atom. The van der Waals surface area contributed by atoms with Crippen molar-refractivity contribution in [3.8, 4) is 5.69 Å². The van der Waals surface area contributed by atoms with Crippen LogP contribution in [0.4, 0.5) is 10.1 Å². The zero-order valence-electron chi connectivity index (χ0n) is 15.9. The van der Waals surface area contributed by atoms with Crippen LogP contribution >= 0.6 is 0 Å². The third kappa shape index (κ3) is 4.25. The van der Waals surface area contributed by atoms with Gasteiger partial charge in [-0.3, -0.25) is 9.59 Å². The molecule has 2 N–H and O–H groups in total. The van der Waals surface area contributed by atoms with Crippen LogP contribution in [-0.4, -0.2) is 27.6 Å². The van der Waals surface area contributed by atoms with Gasteiger partial charge >= 0.3 is 0 Å². The Hall–Kier alpha value is -3.48. The van der Waals surface area contributed by atoms with Gasteiger partial charge in [-0.25, -0.2) is 9.07 Å². The van der Waals surface area contributed by atoms with E-state index in [9.17, 15) is 14.0 Å². The van der Waals surface area contributed by atoms with Gasteiger partial charge in [0.25, 0.3) is 11.8 Å². The average Bonchev–Trinajstić information content (AvgIpc) is 3.13. The number of aryl methyl sites for hydroxylation is 1. The van der Waals surface area contributed by atoms with Gasteiger partial charge in [-0.05, 0) is 56.7 Å². The maximum atomic E-state index is 13.9. The summed E-state index contributed by atoms with van der Waals surface area (Å²) in [4.78, 5) is 24.8. The third-order valence-corrected chi connectivity index (χ3v) is 4.08. The number of para-hydroxylation sites is 1. The van der Waals surface area contributed by atoms with E-state index in [0.717, 1.165) is 5.56 Å². The zero-order chi connectivity index (χ0) is 20.3. The van der Waals surface area contributed by atoms with Gasteiger partial charge in [0.2, 0.25) is 0 Å². The molecular weight excluding hydrogens is 359 g/mol. The monoisotopic (exact) mass is 380 g/mol. The first-order chi connectivity index (χ1) is 13.3. The molecule has 1 aromatic heterocycles. The highest BCUT2D eigenvalue weighted by molar-refractivity contribution is 6.04. The van der Waals surface area contributed by atoms with Crippen LogP contribution in [-0.2, 0) is 0 Å². The average molecular weight is 380 g/mol. The molecule has 28 heavy (non-hydrogen) atoms. The number of nitrogens with one attached hydrogen (secondary N) is 2. The van der Waals surface area contributed by atoms with Gasteiger partial charge in [0.15, 0.2) is 5.69 Å². The van der Waals surface area contributed by atoms with E-state index in [1.54, 1.807) is 36.4 Å². The molecule has 6 nitrogen and oxygen atoms in total. The minimum Gasteiger partial charge on any atom is -0.350 e. The van der Waals surface area contributed by atoms with Gasteiger partial charge in [-0.15, -0.1) is 0 Å². The summed E-state index contributed by atoms with van der Waals surface area (Å²) in [5.41, 5.74) is 2.16. The summed E-state index contributed by atoms with van der Waals surface area (Å²) >= 11 is 0. The van der Waals surface area contributed by atoms with Crippen molar-refractivity contribution in [2.75, 3.05) is 5.32 Å². The standard InChI is InChI=1S/C21H21FN4O2/c1-13(2)23-20(27)16-12-15(9-8-14(16)3)24-21(28)18-10-11-26(25-18)19-7-5-4-6-17(19)22/h4-13H,1-3H3,(H,23,27)(H,24,28). The van der Waals surface area contributed by atoms with Crippen molar-refractivity contribution in [3.05, 3.63) is 77.4 Å². The van der Waals surface area contributed by atoms with Gasteiger partial charge in [0.05, 0.1) is 0 Å². The first kappa shape index (κ1) is 19.3. The Morgan fingerprint density at radius 3 is 2.54 bits per heavy atom. The number of rotatable bonds is 5. The number of nitrogens with zero attached hydrogens (tertiary/aromatic N) is 2. The van der Waals surface area contributed by atoms with Crippen molar-refractivity contribution in [2.45, 2.75) is 26.8 Å². The molecule has 3 aromatic rings. The lowest BCUT2D eigenvalue weighted by Gasteiger charge is -2.12. The number of aromatic nitrogens is 2. The molecule has 0 atom stereocenters. The Balaban J connectivity index is 1.79. The molecule has 0 saturated carbocycles. The molecule has 0 unspecified atom stereocenters. The van der Waals surface area contributed by atoms with Crippen LogP contribution in [0.3, 0.4) is 0 Å². The van der Waals surface area contributed by atoms with E-state index >= 15 is 0 Å². The Morgan fingerprint density at radius 2 is 1.82 bits per heavy atom. The second-order valence-electron chi connectivity index (χ2n) is 6.71. The maximum Gasteiger partial charge on any atom is 0.276 e. The number of halogens is 1. The minimum absolute atomic E-state index is 0.00694. The summed E-state index contributed by atoms with van der Waals surface area (Å²) in [6.07, 6.45) is 1.52. The van der Waals surface area contributed by atoms with Crippen LogP contribution in [0.25, 0.3) is 5.69 Å². The van der Waals surface area contributed by atoms with E-state index in [0.29, 0.717) is 11.3 Å². The summed E-state index contributed by atoms with van der Waals surface area (Å²) in [7, 11) is 0. The second-order valence-corrected chi connectivity index (χ2v) is 6.71. The molecule has 0 aliphatic rings. The number of hydrogen-bond acceptors (Lipinski definition) is 3. The van der Waals surface area contributed by atoms with Crippen molar-refractivity contribution in [1.82, 2.24) is 15.1 Å². The first-order valence-electron chi connectivity index (χ1n) is 8.88. The topological polar surface area (TPSA) is 76.0 Å². The highest BCUT2D eigenvalue weighted by atomic mass is 19.1. The van der Waals surface area contributed by atoms with Crippen LogP contribution in [0, 0.1) is 12.7 Å². The molecule has 0 radical (unpaired) electrons. The zero-order valence-corrected chi connectivity index (χ0v) is 15.9. The predicted octanol–water partition coefficient (Wildman–Crippen LogP) is 3.71. The summed E-state index contributed by atoms with van der Waals surface area (Å²) in [5.74, 6) is -1.08. The van der Waals surface area contributed by atoms with Gasteiger partial charge in [0.1, 0.15) is 11.5 Å². The van der Waals surface area contributed by atoms with Crippen LogP contribution < -0.4 is 10.6 Å². The lowest BCUT2D eigenvalue weighted by atomic mass is 10.1.